The van der Waals surface area contributed by atoms with E-state index in [1.54, 1.807) is 38.1 Å². The first-order valence-corrected chi connectivity index (χ1v) is 8.32. The second kappa shape index (κ2) is 6.62. The number of esters is 1. The lowest BCUT2D eigenvalue weighted by molar-refractivity contribution is 0.0531. The Labute approximate surface area is 146 Å². The fraction of sp³-hybridized carbons (Fsp3) is 0.188. The molecule has 0 saturated heterocycles. The van der Waals surface area contributed by atoms with Crippen LogP contribution in [0, 0.1) is 6.92 Å². The Bertz CT molecular complexity index is 931. The van der Waals surface area contributed by atoms with Gasteiger partial charge in [0.05, 0.1) is 12.3 Å². The average molecular weight is 365 g/mol. The number of halogens is 1. The lowest BCUT2D eigenvalue weighted by Gasteiger charge is -1.98. The number of carbonyl (C=O) groups excluding carboxylic acids is 2. The van der Waals surface area contributed by atoms with E-state index in [1.807, 2.05) is 0 Å². The zero-order valence-corrected chi connectivity index (χ0v) is 14.5. The van der Waals surface area contributed by atoms with Crippen LogP contribution in [0.2, 0.25) is 5.02 Å². The van der Waals surface area contributed by atoms with Crippen LogP contribution in [0.1, 0.15) is 32.8 Å². The van der Waals surface area contributed by atoms with E-state index in [1.165, 1.54) is 0 Å². The molecule has 0 spiro atoms. The van der Waals surface area contributed by atoms with Crippen molar-refractivity contribution in [3.8, 4) is 0 Å². The summed E-state index contributed by atoms with van der Waals surface area (Å²) in [5, 5.41) is 4.22. The summed E-state index contributed by atoms with van der Waals surface area (Å²) in [5.41, 5.74) is 1.07. The number of nitrogens with zero attached hydrogens (tertiary/aromatic N) is 1. The third-order valence-electron chi connectivity index (χ3n) is 3.18. The van der Waals surface area contributed by atoms with E-state index in [-0.39, 0.29) is 12.4 Å². The molecule has 0 aliphatic rings. The van der Waals surface area contributed by atoms with Crippen LogP contribution in [0.5, 0.6) is 0 Å². The van der Waals surface area contributed by atoms with Crippen molar-refractivity contribution in [2.75, 3.05) is 11.9 Å². The maximum atomic E-state index is 12.3. The van der Waals surface area contributed by atoms with Crippen LogP contribution in [0.4, 0.5) is 5.13 Å². The summed E-state index contributed by atoms with van der Waals surface area (Å²) in [5.74, 6) is -0.768. The molecule has 6 nitrogen and oxygen atoms in total. The number of hydrogen-bond donors (Lipinski definition) is 1. The highest BCUT2D eigenvalue weighted by molar-refractivity contribution is 7.17. The van der Waals surface area contributed by atoms with Crippen molar-refractivity contribution in [2.24, 2.45) is 0 Å². The van der Waals surface area contributed by atoms with Crippen molar-refractivity contribution in [3.05, 3.63) is 45.6 Å². The number of nitrogens with one attached hydrogen (secondary N) is 1. The zero-order chi connectivity index (χ0) is 17.3. The molecule has 24 heavy (non-hydrogen) atoms. The third kappa shape index (κ3) is 3.27. The highest BCUT2D eigenvalue weighted by atomic mass is 35.5. The van der Waals surface area contributed by atoms with E-state index in [9.17, 15) is 9.59 Å². The SMILES string of the molecule is CCOC(=O)c1sc(NC(=O)c2cc3cc(Cl)ccc3o2)nc1C. The number of anilines is 1. The fourth-order valence-corrected chi connectivity index (χ4v) is 3.16. The average Bonchev–Trinajstić information content (AvgIpc) is 3.10. The van der Waals surface area contributed by atoms with Gasteiger partial charge in [-0.15, -0.1) is 0 Å². The van der Waals surface area contributed by atoms with Gasteiger partial charge in [-0.05, 0) is 38.1 Å². The van der Waals surface area contributed by atoms with Gasteiger partial charge in [0, 0.05) is 10.4 Å². The summed E-state index contributed by atoms with van der Waals surface area (Å²) in [6.07, 6.45) is 0. The van der Waals surface area contributed by atoms with Crippen molar-refractivity contribution in [3.63, 3.8) is 0 Å². The number of aryl methyl sites for hydroxylation is 1. The predicted octanol–water partition coefficient (Wildman–Crippen LogP) is 4.28. The van der Waals surface area contributed by atoms with Crippen LogP contribution in [0.25, 0.3) is 11.0 Å². The van der Waals surface area contributed by atoms with Crippen molar-refractivity contribution in [2.45, 2.75) is 13.8 Å². The van der Waals surface area contributed by atoms with Gasteiger partial charge in [0.15, 0.2) is 10.9 Å². The van der Waals surface area contributed by atoms with Crippen LogP contribution in [-0.2, 0) is 4.74 Å². The van der Waals surface area contributed by atoms with Gasteiger partial charge < -0.3 is 9.15 Å². The van der Waals surface area contributed by atoms with Gasteiger partial charge in [-0.1, -0.05) is 22.9 Å². The van der Waals surface area contributed by atoms with Crippen LogP contribution in [-0.4, -0.2) is 23.5 Å². The quantitative estimate of drug-likeness (QED) is 0.699. The summed E-state index contributed by atoms with van der Waals surface area (Å²) < 4.78 is 10.4. The van der Waals surface area contributed by atoms with Gasteiger partial charge in [0.1, 0.15) is 10.5 Å². The standard InChI is InChI=1S/C16H13ClN2O4S/c1-3-22-15(21)13-8(2)18-16(24-13)19-14(20)12-7-9-6-10(17)4-5-11(9)23-12/h4-7H,3H2,1-2H3,(H,18,19,20). The normalized spacial score (nSPS) is 10.8. The number of aromatic nitrogens is 1. The van der Waals surface area contributed by atoms with E-state index in [2.05, 4.69) is 10.3 Å². The van der Waals surface area contributed by atoms with Crippen LogP contribution in [0.3, 0.4) is 0 Å². The number of fused-ring (bicyclic) bond motifs is 1. The molecule has 1 N–H and O–H groups in total. The van der Waals surface area contributed by atoms with E-state index in [4.69, 9.17) is 20.8 Å². The molecular weight excluding hydrogens is 352 g/mol. The van der Waals surface area contributed by atoms with Gasteiger partial charge in [-0.25, -0.2) is 9.78 Å². The Morgan fingerprint density at radius 3 is 2.92 bits per heavy atom. The summed E-state index contributed by atoms with van der Waals surface area (Å²) >= 11 is 6.98. The van der Waals surface area contributed by atoms with Crippen molar-refractivity contribution < 1.29 is 18.7 Å². The molecule has 0 aliphatic heterocycles. The molecule has 0 atom stereocenters. The van der Waals surface area contributed by atoms with E-state index in [0.717, 1.165) is 16.7 Å². The highest BCUT2D eigenvalue weighted by Crippen LogP contribution is 2.26. The minimum atomic E-state index is -0.452. The smallest absolute Gasteiger partial charge is 0.350 e. The van der Waals surface area contributed by atoms with Gasteiger partial charge in [0.2, 0.25) is 0 Å². The lowest BCUT2D eigenvalue weighted by Crippen LogP contribution is -2.10. The molecule has 0 unspecified atom stereocenters. The molecule has 0 fully saturated rings. The monoisotopic (exact) mass is 364 g/mol. The van der Waals surface area contributed by atoms with Crippen molar-refractivity contribution >= 4 is 50.9 Å². The van der Waals surface area contributed by atoms with Crippen LogP contribution < -0.4 is 5.32 Å². The maximum absolute atomic E-state index is 12.3. The first-order valence-electron chi connectivity index (χ1n) is 7.13. The summed E-state index contributed by atoms with van der Waals surface area (Å²) in [4.78, 5) is 28.6. The number of ether oxygens (including phenoxy) is 1. The van der Waals surface area contributed by atoms with Gasteiger partial charge in [-0.2, -0.15) is 0 Å². The Morgan fingerprint density at radius 1 is 1.38 bits per heavy atom. The molecule has 0 aliphatic carbocycles. The summed E-state index contributed by atoms with van der Waals surface area (Å²) in [7, 11) is 0. The summed E-state index contributed by atoms with van der Waals surface area (Å²) in [6.45, 7) is 3.69. The molecule has 3 rings (SSSR count). The summed E-state index contributed by atoms with van der Waals surface area (Å²) in [6, 6.07) is 6.69. The van der Waals surface area contributed by atoms with Gasteiger partial charge in [0.25, 0.3) is 5.91 Å². The van der Waals surface area contributed by atoms with Gasteiger partial charge >= 0.3 is 5.97 Å². The third-order valence-corrected chi connectivity index (χ3v) is 4.47. The molecule has 1 amide bonds. The van der Waals surface area contributed by atoms with Crippen molar-refractivity contribution in [1.82, 2.24) is 4.98 Å². The van der Waals surface area contributed by atoms with Crippen molar-refractivity contribution in [1.29, 1.82) is 0 Å². The maximum Gasteiger partial charge on any atom is 0.350 e. The van der Waals surface area contributed by atoms with Crippen LogP contribution >= 0.6 is 22.9 Å². The molecule has 3 aromatic rings. The Kier molecular flexibility index (Phi) is 4.55. The van der Waals surface area contributed by atoms with Gasteiger partial charge in [-0.3, -0.25) is 10.1 Å². The minimum Gasteiger partial charge on any atom is -0.462 e. The molecule has 0 radical (unpaired) electrons. The van der Waals surface area contributed by atoms with E-state index < -0.39 is 11.9 Å². The van der Waals surface area contributed by atoms with Crippen LogP contribution in [0.15, 0.2) is 28.7 Å². The highest BCUT2D eigenvalue weighted by Gasteiger charge is 2.19. The Morgan fingerprint density at radius 2 is 2.17 bits per heavy atom. The second-order valence-electron chi connectivity index (χ2n) is 4.90. The molecule has 1 aromatic carbocycles. The largest absolute Gasteiger partial charge is 0.462 e. The molecular formula is C16H13ClN2O4S. The molecule has 124 valence electrons. The molecule has 2 heterocycles. The molecule has 2 aromatic heterocycles. The number of hydrogen-bond acceptors (Lipinski definition) is 6. The molecule has 0 bridgehead atoms. The number of furan rings is 1. The predicted molar refractivity (Wildman–Crippen MR) is 92.0 cm³/mol. The number of thiazole rings is 1. The first kappa shape index (κ1) is 16.5. The first-order chi connectivity index (χ1) is 11.5. The fourth-order valence-electron chi connectivity index (χ4n) is 2.12. The zero-order valence-electron chi connectivity index (χ0n) is 12.9. The molecule has 8 heteroatoms. The number of benzene rings is 1. The number of rotatable bonds is 4. The second-order valence-corrected chi connectivity index (χ2v) is 6.34. The number of carbonyl (C=O) groups is 2. The topological polar surface area (TPSA) is 81.4 Å². The Balaban J connectivity index is 1.81. The Hall–Kier alpha value is -2.38. The molecule has 0 saturated carbocycles. The minimum absolute atomic E-state index is 0.137. The number of amides is 1. The van der Waals surface area contributed by atoms with E-state index in [0.29, 0.717) is 26.3 Å². The van der Waals surface area contributed by atoms with E-state index >= 15 is 0 Å². The lowest BCUT2D eigenvalue weighted by atomic mass is 10.2.